The van der Waals surface area contributed by atoms with Gasteiger partial charge in [-0.2, -0.15) is 0 Å². The van der Waals surface area contributed by atoms with Crippen molar-refractivity contribution in [1.29, 1.82) is 0 Å². The number of amides is 1. The molecule has 4 aromatic rings. The maximum absolute atomic E-state index is 15.1. The Morgan fingerprint density at radius 1 is 1.16 bits per heavy atom. The summed E-state index contributed by atoms with van der Waals surface area (Å²) in [5, 5.41) is 15.6. The van der Waals surface area contributed by atoms with Crippen LogP contribution >= 0.6 is 0 Å². The fraction of sp³-hybridized carbons (Fsp3) is 0.238. The normalized spacial score (nSPS) is 15.9. The minimum atomic E-state index is -0.521. The van der Waals surface area contributed by atoms with Gasteiger partial charge in [0.15, 0.2) is 5.82 Å². The molecule has 1 aliphatic rings. The number of nitrogens with zero attached hydrogens (tertiary/aromatic N) is 8. The van der Waals surface area contributed by atoms with E-state index in [4.69, 9.17) is 4.74 Å². The molecule has 0 unspecified atom stereocenters. The third-order valence-electron chi connectivity index (χ3n) is 5.21. The van der Waals surface area contributed by atoms with Gasteiger partial charge in [-0.05, 0) is 44.2 Å². The standard InChI is InChI=1S/C21H19FN8O2/c1-13-10-30(27-25-13)20-6-5-17(14(2)24-20)18-4-3-15(9-19(18)22)29-12-16(32-21(29)31)11-28-8-7-23-26-28/h3-10,16H,11-12H2,1-2H3/t16-/m0/s1. The van der Waals surface area contributed by atoms with Gasteiger partial charge in [-0.3, -0.25) is 4.90 Å². The fourth-order valence-corrected chi connectivity index (χ4v) is 3.68. The van der Waals surface area contributed by atoms with Crippen molar-refractivity contribution in [3.8, 4) is 16.9 Å². The SMILES string of the molecule is Cc1cn(-c2ccc(-c3ccc(N4C[C@H](Cn5ccnn5)OC4=O)cc3F)c(C)n2)nn1. The molecule has 0 N–H and O–H groups in total. The smallest absolute Gasteiger partial charge is 0.414 e. The number of hydrogen-bond donors (Lipinski definition) is 0. The lowest BCUT2D eigenvalue weighted by Gasteiger charge is -2.15. The van der Waals surface area contributed by atoms with Crippen LogP contribution in [-0.2, 0) is 11.3 Å². The molecular weight excluding hydrogens is 415 g/mol. The number of halogens is 1. The van der Waals surface area contributed by atoms with Crippen molar-refractivity contribution < 1.29 is 13.9 Å². The third-order valence-corrected chi connectivity index (χ3v) is 5.21. The van der Waals surface area contributed by atoms with E-state index in [9.17, 15) is 4.79 Å². The Bertz CT molecular complexity index is 1290. The van der Waals surface area contributed by atoms with Gasteiger partial charge < -0.3 is 4.74 Å². The second-order valence-corrected chi connectivity index (χ2v) is 7.51. The van der Waals surface area contributed by atoms with Crippen LogP contribution in [0.3, 0.4) is 0 Å². The maximum Gasteiger partial charge on any atom is 0.414 e. The first-order chi connectivity index (χ1) is 15.5. The van der Waals surface area contributed by atoms with Gasteiger partial charge in [0.25, 0.3) is 0 Å². The first-order valence-corrected chi connectivity index (χ1v) is 9.97. The predicted octanol–water partition coefficient (Wildman–Crippen LogP) is 2.70. The van der Waals surface area contributed by atoms with E-state index in [-0.39, 0.29) is 0 Å². The second-order valence-electron chi connectivity index (χ2n) is 7.51. The van der Waals surface area contributed by atoms with E-state index in [1.54, 1.807) is 52.2 Å². The molecule has 1 atom stereocenters. The molecule has 0 bridgehead atoms. The number of carbonyl (C=O) groups excluding carboxylic acids is 1. The van der Waals surface area contributed by atoms with Crippen molar-refractivity contribution in [2.75, 3.05) is 11.4 Å². The van der Waals surface area contributed by atoms with Gasteiger partial charge in [0.2, 0.25) is 0 Å². The predicted molar refractivity (Wildman–Crippen MR) is 112 cm³/mol. The van der Waals surface area contributed by atoms with Crippen LogP contribution < -0.4 is 4.90 Å². The summed E-state index contributed by atoms with van der Waals surface area (Å²) < 4.78 is 23.6. The van der Waals surface area contributed by atoms with Gasteiger partial charge >= 0.3 is 6.09 Å². The van der Waals surface area contributed by atoms with Crippen molar-refractivity contribution in [2.45, 2.75) is 26.5 Å². The van der Waals surface area contributed by atoms with E-state index >= 15 is 4.39 Å². The summed E-state index contributed by atoms with van der Waals surface area (Å²) in [6, 6.07) is 8.24. The monoisotopic (exact) mass is 434 g/mol. The lowest BCUT2D eigenvalue weighted by Crippen LogP contribution is -2.26. The number of rotatable bonds is 5. The average molecular weight is 434 g/mol. The average Bonchev–Trinajstić information content (AvgIpc) is 3.51. The molecule has 0 aliphatic carbocycles. The molecule has 10 nitrogen and oxygen atoms in total. The van der Waals surface area contributed by atoms with Crippen LogP contribution in [0.25, 0.3) is 16.9 Å². The number of aryl methyl sites for hydroxylation is 2. The fourth-order valence-electron chi connectivity index (χ4n) is 3.68. The Morgan fingerprint density at radius 2 is 2.00 bits per heavy atom. The van der Waals surface area contributed by atoms with E-state index in [1.807, 2.05) is 13.8 Å². The van der Waals surface area contributed by atoms with Crippen LogP contribution in [0.5, 0.6) is 0 Å². The van der Waals surface area contributed by atoms with Gasteiger partial charge in [-0.15, -0.1) is 10.2 Å². The molecule has 1 aromatic carbocycles. The Balaban J connectivity index is 1.37. The molecule has 162 valence electrons. The first-order valence-electron chi connectivity index (χ1n) is 9.97. The van der Waals surface area contributed by atoms with Crippen LogP contribution in [0.15, 0.2) is 48.9 Å². The molecule has 32 heavy (non-hydrogen) atoms. The molecule has 0 radical (unpaired) electrons. The number of aromatic nitrogens is 7. The molecule has 1 amide bonds. The molecular formula is C21H19FN8O2. The summed E-state index contributed by atoms with van der Waals surface area (Å²) >= 11 is 0. The van der Waals surface area contributed by atoms with Crippen molar-refractivity contribution in [1.82, 2.24) is 35.0 Å². The Kier molecular flexibility index (Phi) is 4.85. The molecule has 5 rings (SSSR count). The number of anilines is 1. The quantitative estimate of drug-likeness (QED) is 0.476. The van der Waals surface area contributed by atoms with Gasteiger partial charge in [0.1, 0.15) is 11.9 Å². The Hall–Kier alpha value is -4.15. The van der Waals surface area contributed by atoms with Gasteiger partial charge in [0.05, 0.1) is 36.9 Å². The zero-order valence-electron chi connectivity index (χ0n) is 17.4. The first kappa shape index (κ1) is 19.8. The zero-order valence-corrected chi connectivity index (χ0v) is 17.4. The zero-order chi connectivity index (χ0) is 22.2. The number of pyridine rings is 1. The molecule has 1 aliphatic heterocycles. The Morgan fingerprint density at radius 3 is 2.69 bits per heavy atom. The van der Waals surface area contributed by atoms with Crippen LogP contribution in [0.4, 0.5) is 14.9 Å². The molecule has 0 spiro atoms. The van der Waals surface area contributed by atoms with Gasteiger partial charge in [0, 0.05) is 23.0 Å². The van der Waals surface area contributed by atoms with Crippen LogP contribution in [0.2, 0.25) is 0 Å². The van der Waals surface area contributed by atoms with E-state index in [1.165, 1.54) is 11.0 Å². The second kappa shape index (κ2) is 7.84. The summed E-state index contributed by atoms with van der Waals surface area (Å²) in [5.74, 6) is 0.145. The van der Waals surface area contributed by atoms with E-state index in [2.05, 4.69) is 25.6 Å². The third kappa shape index (κ3) is 3.68. The van der Waals surface area contributed by atoms with Gasteiger partial charge in [-0.1, -0.05) is 10.4 Å². The molecule has 3 aromatic heterocycles. The van der Waals surface area contributed by atoms with Crippen molar-refractivity contribution >= 4 is 11.8 Å². The summed E-state index contributed by atoms with van der Waals surface area (Å²) in [7, 11) is 0. The summed E-state index contributed by atoms with van der Waals surface area (Å²) in [5.41, 5.74) is 2.90. The van der Waals surface area contributed by atoms with Crippen molar-refractivity contribution in [2.24, 2.45) is 0 Å². The van der Waals surface area contributed by atoms with Gasteiger partial charge in [-0.25, -0.2) is 23.5 Å². The lowest BCUT2D eigenvalue weighted by molar-refractivity contribution is 0.129. The highest BCUT2D eigenvalue weighted by molar-refractivity contribution is 5.90. The highest BCUT2D eigenvalue weighted by atomic mass is 19.1. The number of hydrogen-bond acceptors (Lipinski definition) is 7. The lowest BCUT2D eigenvalue weighted by atomic mass is 10.0. The molecule has 4 heterocycles. The number of cyclic esters (lactones) is 1. The maximum atomic E-state index is 15.1. The molecule has 1 saturated heterocycles. The summed E-state index contributed by atoms with van der Waals surface area (Å²) in [6.45, 7) is 4.33. The topological polar surface area (TPSA) is 104 Å². The number of ether oxygens (including phenoxy) is 1. The Labute approximate surface area is 182 Å². The van der Waals surface area contributed by atoms with Crippen LogP contribution in [0.1, 0.15) is 11.4 Å². The largest absolute Gasteiger partial charge is 0.442 e. The van der Waals surface area contributed by atoms with E-state index in [0.29, 0.717) is 41.4 Å². The van der Waals surface area contributed by atoms with Crippen molar-refractivity contribution in [3.63, 3.8) is 0 Å². The molecule has 1 fully saturated rings. The van der Waals surface area contributed by atoms with Crippen LogP contribution in [0, 0.1) is 19.7 Å². The number of carbonyl (C=O) groups is 1. The minimum absolute atomic E-state index is 0.296. The van der Waals surface area contributed by atoms with Crippen LogP contribution in [-0.4, -0.2) is 53.7 Å². The van der Waals surface area contributed by atoms with E-state index < -0.39 is 18.0 Å². The van der Waals surface area contributed by atoms with Crippen molar-refractivity contribution in [3.05, 3.63) is 66.1 Å². The van der Waals surface area contributed by atoms with E-state index in [0.717, 1.165) is 5.69 Å². The summed E-state index contributed by atoms with van der Waals surface area (Å²) in [4.78, 5) is 18.3. The highest BCUT2D eigenvalue weighted by Gasteiger charge is 2.33. The molecule has 11 heteroatoms. The number of benzene rings is 1. The molecule has 0 saturated carbocycles. The minimum Gasteiger partial charge on any atom is -0.442 e. The summed E-state index contributed by atoms with van der Waals surface area (Å²) in [6.07, 6.45) is 4.09. The highest BCUT2D eigenvalue weighted by Crippen LogP contribution is 2.31.